The highest BCUT2D eigenvalue weighted by molar-refractivity contribution is 9.10. The summed E-state index contributed by atoms with van der Waals surface area (Å²) in [6.45, 7) is 3.89. The van der Waals surface area contributed by atoms with Crippen LogP contribution in [0.25, 0.3) is 5.69 Å². The number of aromatic nitrogens is 4. The van der Waals surface area contributed by atoms with Gasteiger partial charge in [-0.15, -0.1) is 0 Å². The monoisotopic (exact) mass is 989 g/mol. The van der Waals surface area contributed by atoms with Crippen molar-refractivity contribution in [3.63, 3.8) is 0 Å². The first-order chi connectivity index (χ1) is 33.1. The summed E-state index contributed by atoms with van der Waals surface area (Å²) in [4.78, 5) is 80.3. The fraction of sp³-hybridized carbons (Fsp3) is 0.340. The molecule has 5 heterocycles. The Morgan fingerprint density at radius 2 is 1.75 bits per heavy atom. The van der Waals surface area contributed by atoms with Crippen LogP contribution in [0.5, 0.6) is 5.75 Å². The Labute approximate surface area is 399 Å². The topological polar surface area (TPSA) is 244 Å². The maximum absolute atomic E-state index is 13.1. The highest BCUT2D eigenvalue weighted by Crippen LogP contribution is 2.42. The minimum absolute atomic E-state index is 0.133. The first kappa shape index (κ1) is 47.3. The van der Waals surface area contributed by atoms with Crippen LogP contribution in [0.15, 0.2) is 77.7 Å². The molecule has 3 aliphatic heterocycles. The SMILES string of the molecule is CC[C@@H]1c2c(C#N)ncn2-c2cnc(Nc3ccc(C(=O)NCCOCCOCCOCC(=O)Nc4cccc5c4CN(C4CCC(=O)NC4=O)C5=O)cc3OC)nc2N1Cc1ccc(Br)cc1. The van der Waals surface area contributed by atoms with Gasteiger partial charge in [-0.05, 0) is 60.9 Å². The van der Waals surface area contributed by atoms with Crippen LogP contribution < -0.4 is 30.9 Å². The lowest BCUT2D eigenvalue weighted by atomic mass is 10.0. The number of carbonyl (C=O) groups is 5. The summed E-state index contributed by atoms with van der Waals surface area (Å²) in [6.07, 6.45) is 4.43. The van der Waals surface area contributed by atoms with Crippen LogP contribution in [0, 0.1) is 11.3 Å². The third-order valence-corrected chi connectivity index (χ3v) is 12.1. The van der Waals surface area contributed by atoms with Crippen molar-refractivity contribution in [1.82, 2.24) is 35.1 Å². The molecule has 5 amide bonds. The number of hydrogen-bond donors (Lipinski definition) is 4. The van der Waals surface area contributed by atoms with E-state index in [-0.39, 0.29) is 89.3 Å². The standard InChI is InChI=1S/C47H48BrN11O9/c1-3-36-42-35(22-49)52-27-59(42)38-23-51-47(56-43(38)57(36)24-28-7-10-30(48)11-8-28)54-34-12-9-29(21-39(34)65-2)44(62)50-15-16-66-17-18-67-19-20-68-26-41(61)53-33-6-4-5-31-32(33)25-58(46(31)64)37-13-14-40(60)55-45(37)63/h4-12,21,23,27,36-37H,3,13-20,24-26H2,1-2H3,(H,50,62)(H,53,61)(H,51,54,56)(H,55,60,63)/t36-,37?/m1/s1. The zero-order valence-electron chi connectivity index (χ0n) is 37.3. The summed E-state index contributed by atoms with van der Waals surface area (Å²) < 4.78 is 25.1. The van der Waals surface area contributed by atoms with Gasteiger partial charge in [0.25, 0.3) is 11.8 Å². The van der Waals surface area contributed by atoms with Crippen molar-refractivity contribution in [3.05, 3.63) is 111 Å². The van der Waals surface area contributed by atoms with E-state index < -0.39 is 17.9 Å². The predicted molar refractivity (Wildman–Crippen MR) is 249 cm³/mol. The fourth-order valence-electron chi connectivity index (χ4n) is 8.33. The van der Waals surface area contributed by atoms with Gasteiger partial charge in [0.15, 0.2) is 11.5 Å². The van der Waals surface area contributed by atoms with Crippen LogP contribution in [-0.2, 0) is 41.7 Å². The first-order valence-corrected chi connectivity index (χ1v) is 22.7. The summed E-state index contributed by atoms with van der Waals surface area (Å²) in [7, 11) is 1.51. The molecule has 5 aromatic rings. The highest BCUT2D eigenvalue weighted by atomic mass is 79.9. The van der Waals surface area contributed by atoms with Gasteiger partial charge in [-0.3, -0.25) is 33.9 Å². The molecule has 68 heavy (non-hydrogen) atoms. The smallest absolute Gasteiger partial charge is 0.255 e. The van der Waals surface area contributed by atoms with Crippen molar-refractivity contribution < 1.29 is 42.9 Å². The molecule has 1 fully saturated rings. The second-order valence-corrected chi connectivity index (χ2v) is 16.8. The highest BCUT2D eigenvalue weighted by Gasteiger charge is 2.40. The van der Waals surface area contributed by atoms with Gasteiger partial charge >= 0.3 is 0 Å². The molecular weight excluding hydrogens is 942 g/mol. The van der Waals surface area contributed by atoms with Crippen LogP contribution in [0.2, 0.25) is 0 Å². The number of anilines is 4. The summed E-state index contributed by atoms with van der Waals surface area (Å²) in [5, 5.41) is 21.1. The molecule has 0 bridgehead atoms. The molecule has 2 aromatic heterocycles. The van der Waals surface area contributed by atoms with Crippen molar-refractivity contribution in [3.8, 4) is 17.5 Å². The lowest BCUT2D eigenvalue weighted by molar-refractivity contribution is -0.137. The number of nitrogens with one attached hydrogen (secondary N) is 4. The van der Waals surface area contributed by atoms with Gasteiger partial charge in [0.2, 0.25) is 23.7 Å². The Morgan fingerprint density at radius 1 is 0.971 bits per heavy atom. The van der Waals surface area contributed by atoms with E-state index in [0.717, 1.165) is 15.7 Å². The zero-order valence-corrected chi connectivity index (χ0v) is 38.8. The number of fused-ring (bicyclic) bond motifs is 4. The number of amides is 5. The number of imidazole rings is 1. The minimum atomic E-state index is -0.756. The maximum atomic E-state index is 13.1. The number of benzene rings is 3. The van der Waals surface area contributed by atoms with Crippen molar-refractivity contribution in [2.24, 2.45) is 0 Å². The third kappa shape index (κ3) is 10.5. The number of piperidine rings is 1. The van der Waals surface area contributed by atoms with Gasteiger partial charge in [-0.25, -0.2) is 9.97 Å². The van der Waals surface area contributed by atoms with E-state index in [1.807, 2.05) is 28.8 Å². The van der Waals surface area contributed by atoms with E-state index in [1.165, 1.54) is 12.0 Å². The number of halogens is 1. The average molecular weight is 991 g/mol. The molecule has 2 atom stereocenters. The molecule has 1 unspecified atom stereocenters. The summed E-state index contributed by atoms with van der Waals surface area (Å²) in [6, 6.07) is 19.4. The predicted octanol–water partition coefficient (Wildman–Crippen LogP) is 4.70. The number of hydrogen-bond acceptors (Lipinski definition) is 15. The fourth-order valence-corrected chi connectivity index (χ4v) is 8.60. The molecular formula is C47H48BrN11O9. The molecule has 0 spiro atoms. The van der Waals surface area contributed by atoms with E-state index in [0.29, 0.717) is 69.9 Å². The Morgan fingerprint density at radius 3 is 2.50 bits per heavy atom. The Hall–Kier alpha value is -7.25. The van der Waals surface area contributed by atoms with Crippen molar-refractivity contribution in [2.45, 2.75) is 51.4 Å². The van der Waals surface area contributed by atoms with Crippen molar-refractivity contribution in [2.75, 3.05) is 68.8 Å². The van der Waals surface area contributed by atoms with Crippen molar-refractivity contribution in [1.29, 1.82) is 5.26 Å². The Kier molecular flexibility index (Phi) is 15.0. The quantitative estimate of drug-likeness (QED) is 0.0610. The summed E-state index contributed by atoms with van der Waals surface area (Å²) >= 11 is 3.52. The van der Waals surface area contributed by atoms with Gasteiger partial charge < -0.3 is 44.7 Å². The molecule has 4 N–H and O–H groups in total. The van der Waals surface area contributed by atoms with Gasteiger partial charge in [0.1, 0.15) is 36.5 Å². The molecule has 3 aliphatic rings. The molecule has 0 aliphatic carbocycles. The molecule has 352 valence electrons. The first-order valence-electron chi connectivity index (χ1n) is 22.0. The normalized spacial score (nSPS) is 16.1. The number of imide groups is 1. The van der Waals surface area contributed by atoms with Crippen LogP contribution in [0.4, 0.5) is 23.1 Å². The summed E-state index contributed by atoms with van der Waals surface area (Å²) in [5.41, 5.74) is 5.28. The zero-order chi connectivity index (χ0) is 47.7. The van der Waals surface area contributed by atoms with Gasteiger partial charge in [-0.1, -0.05) is 41.1 Å². The van der Waals surface area contributed by atoms with Crippen LogP contribution in [0.1, 0.15) is 75.5 Å². The van der Waals surface area contributed by atoms with E-state index in [9.17, 15) is 29.2 Å². The number of methoxy groups -OCH3 is 1. The van der Waals surface area contributed by atoms with Gasteiger partial charge in [0.05, 0.1) is 63.8 Å². The second kappa shape index (κ2) is 21.6. The second-order valence-electron chi connectivity index (χ2n) is 15.9. The van der Waals surface area contributed by atoms with Gasteiger partial charge in [0, 0.05) is 52.9 Å². The molecule has 8 rings (SSSR count). The Bertz CT molecular complexity index is 2760. The lowest BCUT2D eigenvalue weighted by Gasteiger charge is -2.38. The van der Waals surface area contributed by atoms with E-state index in [2.05, 4.69) is 65.1 Å². The number of carbonyl (C=O) groups excluding carboxylic acids is 5. The molecule has 21 heteroatoms. The molecule has 0 saturated carbocycles. The molecule has 20 nitrogen and oxygen atoms in total. The van der Waals surface area contributed by atoms with Crippen LogP contribution >= 0.6 is 15.9 Å². The van der Waals surface area contributed by atoms with E-state index in [4.69, 9.17) is 23.9 Å². The number of nitriles is 1. The molecule has 1 saturated heterocycles. The average Bonchev–Trinajstić information content (AvgIpc) is 3.92. The number of nitrogens with zero attached hydrogens (tertiary/aromatic N) is 7. The van der Waals surface area contributed by atoms with Crippen LogP contribution in [0.3, 0.4) is 0 Å². The molecule has 0 radical (unpaired) electrons. The molecule has 3 aromatic carbocycles. The van der Waals surface area contributed by atoms with Crippen LogP contribution in [-0.4, -0.2) is 113 Å². The number of ether oxygens (including phenoxy) is 4. The largest absolute Gasteiger partial charge is 0.495 e. The minimum Gasteiger partial charge on any atom is -0.495 e. The maximum Gasteiger partial charge on any atom is 0.255 e. The summed E-state index contributed by atoms with van der Waals surface area (Å²) in [5.74, 6) is -0.548. The number of rotatable bonds is 20. The van der Waals surface area contributed by atoms with E-state index in [1.54, 1.807) is 48.9 Å². The van der Waals surface area contributed by atoms with E-state index >= 15 is 0 Å². The van der Waals surface area contributed by atoms with Gasteiger partial charge in [-0.2, -0.15) is 10.2 Å². The Balaban J connectivity index is 0.752. The van der Waals surface area contributed by atoms with Crippen molar-refractivity contribution >= 4 is 68.6 Å². The third-order valence-electron chi connectivity index (χ3n) is 11.6. The lowest BCUT2D eigenvalue weighted by Crippen LogP contribution is -2.52.